The molecule has 1 aromatic rings. The predicted molar refractivity (Wildman–Crippen MR) is 69.1 cm³/mol. The lowest BCUT2D eigenvalue weighted by Crippen LogP contribution is -2.25. The van der Waals surface area contributed by atoms with Crippen LogP contribution in [0.25, 0.3) is 0 Å². The molecule has 1 unspecified atom stereocenters. The number of hydrogen-bond acceptors (Lipinski definition) is 0. The van der Waals surface area contributed by atoms with Crippen LogP contribution in [0.4, 0.5) is 0 Å². The Labute approximate surface area is 99.1 Å². The van der Waals surface area contributed by atoms with E-state index < -0.39 is 0 Å². The van der Waals surface area contributed by atoms with Crippen LogP contribution in [0.5, 0.6) is 0 Å². The van der Waals surface area contributed by atoms with Gasteiger partial charge in [0.2, 0.25) is 0 Å². The van der Waals surface area contributed by atoms with Crippen molar-refractivity contribution in [3.63, 3.8) is 0 Å². The summed E-state index contributed by atoms with van der Waals surface area (Å²) in [6.07, 6.45) is 4.10. The minimum atomic E-state index is 0.391. The van der Waals surface area contributed by atoms with Crippen molar-refractivity contribution in [2.45, 2.75) is 63.7 Å². The molecule has 2 aliphatic carbocycles. The van der Waals surface area contributed by atoms with Crippen LogP contribution in [0.2, 0.25) is 0 Å². The molecule has 0 spiro atoms. The van der Waals surface area contributed by atoms with E-state index in [4.69, 9.17) is 0 Å². The van der Waals surface area contributed by atoms with Gasteiger partial charge in [-0.05, 0) is 52.7 Å². The fourth-order valence-electron chi connectivity index (χ4n) is 3.93. The summed E-state index contributed by atoms with van der Waals surface area (Å²) in [6, 6.07) is 7.00. The van der Waals surface area contributed by atoms with Gasteiger partial charge in [0.05, 0.1) is 0 Å². The number of hydrogen-bond donors (Lipinski definition) is 0. The topological polar surface area (TPSA) is 0 Å². The van der Waals surface area contributed by atoms with Gasteiger partial charge >= 0.3 is 0 Å². The van der Waals surface area contributed by atoms with Crippen LogP contribution in [0.1, 0.15) is 69.6 Å². The first kappa shape index (κ1) is 10.4. The molecular formula is C16H22. The van der Waals surface area contributed by atoms with Gasteiger partial charge in [-0.15, -0.1) is 0 Å². The van der Waals surface area contributed by atoms with Gasteiger partial charge in [-0.3, -0.25) is 0 Å². The highest BCUT2D eigenvalue weighted by atomic mass is 14.5. The van der Waals surface area contributed by atoms with Gasteiger partial charge in [-0.2, -0.15) is 0 Å². The van der Waals surface area contributed by atoms with Gasteiger partial charge in [0, 0.05) is 0 Å². The van der Waals surface area contributed by atoms with E-state index in [1.807, 2.05) is 0 Å². The molecule has 0 heteroatoms. The maximum absolute atomic E-state index is 2.41. The highest BCUT2D eigenvalue weighted by Crippen LogP contribution is 2.55. The summed E-state index contributed by atoms with van der Waals surface area (Å²) in [5.74, 6) is 0.842. The van der Waals surface area contributed by atoms with Crippen LogP contribution in [-0.4, -0.2) is 0 Å². The summed E-state index contributed by atoms with van der Waals surface area (Å²) >= 11 is 0. The van der Waals surface area contributed by atoms with Gasteiger partial charge < -0.3 is 0 Å². The molecule has 1 aromatic carbocycles. The average Bonchev–Trinajstić information content (AvgIpc) is 2.47. The SMILES string of the molecule is CC1(C)CCC2CC(C)(C)c3cccc1c32. The van der Waals surface area contributed by atoms with Crippen LogP contribution >= 0.6 is 0 Å². The minimum absolute atomic E-state index is 0.391. The molecule has 0 aromatic heterocycles. The van der Waals surface area contributed by atoms with Gasteiger partial charge in [-0.25, -0.2) is 0 Å². The summed E-state index contributed by atoms with van der Waals surface area (Å²) in [6.45, 7) is 9.64. The van der Waals surface area contributed by atoms with Gasteiger partial charge in [0.25, 0.3) is 0 Å². The van der Waals surface area contributed by atoms with E-state index in [-0.39, 0.29) is 0 Å². The average molecular weight is 214 g/mol. The van der Waals surface area contributed by atoms with Crippen LogP contribution in [0.15, 0.2) is 18.2 Å². The second-order valence-electron chi connectivity index (χ2n) is 6.97. The Kier molecular flexibility index (Phi) is 1.89. The molecule has 2 aliphatic rings. The zero-order valence-corrected chi connectivity index (χ0v) is 10.9. The van der Waals surface area contributed by atoms with E-state index in [0.29, 0.717) is 10.8 Å². The molecule has 1 atom stereocenters. The summed E-state index contributed by atoms with van der Waals surface area (Å²) in [5.41, 5.74) is 5.76. The van der Waals surface area contributed by atoms with Crippen molar-refractivity contribution in [1.29, 1.82) is 0 Å². The third-order valence-corrected chi connectivity index (χ3v) is 4.85. The fraction of sp³-hybridized carbons (Fsp3) is 0.625. The maximum Gasteiger partial charge on any atom is -0.00948 e. The molecule has 0 N–H and O–H groups in total. The molecule has 86 valence electrons. The Bertz CT molecular complexity index is 437. The Hall–Kier alpha value is -0.780. The third kappa shape index (κ3) is 1.22. The zero-order chi connectivity index (χ0) is 11.6. The smallest absolute Gasteiger partial charge is 0.00948 e. The van der Waals surface area contributed by atoms with Crippen molar-refractivity contribution in [2.24, 2.45) is 0 Å². The lowest BCUT2D eigenvalue weighted by atomic mass is 9.69. The highest BCUT2D eigenvalue weighted by molar-refractivity contribution is 5.50. The number of rotatable bonds is 0. The molecule has 0 heterocycles. The first-order valence-electron chi connectivity index (χ1n) is 6.56. The van der Waals surface area contributed by atoms with Crippen molar-refractivity contribution < 1.29 is 0 Å². The van der Waals surface area contributed by atoms with Crippen LogP contribution in [-0.2, 0) is 10.8 Å². The second-order valence-corrected chi connectivity index (χ2v) is 6.97. The van der Waals surface area contributed by atoms with E-state index >= 15 is 0 Å². The van der Waals surface area contributed by atoms with Crippen molar-refractivity contribution in [3.05, 3.63) is 34.9 Å². The fourth-order valence-corrected chi connectivity index (χ4v) is 3.93. The second kappa shape index (κ2) is 2.91. The minimum Gasteiger partial charge on any atom is -0.0617 e. The Morgan fingerprint density at radius 3 is 2.31 bits per heavy atom. The lowest BCUT2D eigenvalue weighted by molar-refractivity contribution is 0.373. The van der Waals surface area contributed by atoms with E-state index in [2.05, 4.69) is 45.9 Å². The van der Waals surface area contributed by atoms with Crippen LogP contribution < -0.4 is 0 Å². The normalized spacial score (nSPS) is 28.9. The maximum atomic E-state index is 2.41. The van der Waals surface area contributed by atoms with Gasteiger partial charge in [-0.1, -0.05) is 45.9 Å². The third-order valence-electron chi connectivity index (χ3n) is 4.85. The Morgan fingerprint density at radius 2 is 1.62 bits per heavy atom. The molecule has 0 saturated heterocycles. The summed E-state index contributed by atoms with van der Waals surface area (Å²) in [4.78, 5) is 0. The van der Waals surface area contributed by atoms with E-state index in [9.17, 15) is 0 Å². The lowest BCUT2D eigenvalue weighted by Gasteiger charge is -2.35. The van der Waals surface area contributed by atoms with Crippen molar-refractivity contribution >= 4 is 0 Å². The number of benzene rings is 1. The summed E-state index contributed by atoms with van der Waals surface area (Å²) in [5, 5.41) is 0. The van der Waals surface area contributed by atoms with Gasteiger partial charge in [0.1, 0.15) is 0 Å². The van der Waals surface area contributed by atoms with Crippen LogP contribution in [0.3, 0.4) is 0 Å². The van der Waals surface area contributed by atoms with E-state index in [1.54, 1.807) is 16.7 Å². The highest BCUT2D eigenvalue weighted by Gasteiger charge is 2.43. The molecule has 3 rings (SSSR count). The van der Waals surface area contributed by atoms with Gasteiger partial charge in [0.15, 0.2) is 0 Å². The first-order valence-corrected chi connectivity index (χ1v) is 6.56. The van der Waals surface area contributed by atoms with E-state index in [1.165, 1.54) is 19.3 Å². The quantitative estimate of drug-likeness (QED) is 0.595. The van der Waals surface area contributed by atoms with Crippen molar-refractivity contribution in [1.82, 2.24) is 0 Å². The monoisotopic (exact) mass is 214 g/mol. The van der Waals surface area contributed by atoms with E-state index in [0.717, 1.165) is 5.92 Å². The molecule has 0 saturated carbocycles. The first-order chi connectivity index (χ1) is 7.42. The molecule has 0 radical (unpaired) electrons. The largest absolute Gasteiger partial charge is 0.0617 e. The predicted octanol–water partition coefficient (Wildman–Crippen LogP) is 4.52. The summed E-state index contributed by atoms with van der Waals surface area (Å²) < 4.78 is 0. The standard InChI is InChI=1S/C16H22/c1-15(2)9-8-11-10-16(3,4)13-7-5-6-12(15)14(11)13/h5-7,11H,8-10H2,1-4H3. The Balaban J connectivity index is 2.27. The molecular weight excluding hydrogens is 192 g/mol. The molecule has 16 heavy (non-hydrogen) atoms. The summed E-state index contributed by atoms with van der Waals surface area (Å²) in [7, 11) is 0. The molecule has 0 fully saturated rings. The van der Waals surface area contributed by atoms with Crippen LogP contribution in [0, 0.1) is 0 Å². The molecule has 0 nitrogen and oxygen atoms in total. The zero-order valence-electron chi connectivity index (χ0n) is 10.9. The molecule has 0 aliphatic heterocycles. The Morgan fingerprint density at radius 1 is 1.00 bits per heavy atom. The van der Waals surface area contributed by atoms with Crippen molar-refractivity contribution in [3.8, 4) is 0 Å². The molecule has 0 amide bonds. The molecule has 0 bridgehead atoms. The van der Waals surface area contributed by atoms with Crippen molar-refractivity contribution in [2.75, 3.05) is 0 Å².